The first kappa shape index (κ1) is 7.14. The van der Waals surface area contributed by atoms with Gasteiger partial charge in [-0.05, 0) is 24.0 Å². The van der Waals surface area contributed by atoms with Crippen molar-refractivity contribution in [2.75, 3.05) is 0 Å². The van der Waals surface area contributed by atoms with Gasteiger partial charge in [0.25, 0.3) is 0 Å². The van der Waals surface area contributed by atoms with Gasteiger partial charge in [-0.3, -0.25) is 0 Å². The Kier molecular flexibility index (Phi) is 1.42. The van der Waals surface area contributed by atoms with Gasteiger partial charge in [-0.2, -0.15) is 0 Å². The maximum atomic E-state index is 2.36. The molecule has 1 atom stereocenters. The summed E-state index contributed by atoms with van der Waals surface area (Å²) in [4.78, 5) is 0. The summed E-state index contributed by atoms with van der Waals surface area (Å²) in [6, 6.07) is 0. The fourth-order valence-electron chi connectivity index (χ4n) is 2.39. The molecule has 0 bridgehead atoms. The topological polar surface area (TPSA) is 0 Å². The van der Waals surface area contributed by atoms with Crippen molar-refractivity contribution in [3.8, 4) is 0 Å². The van der Waals surface area contributed by atoms with Crippen LogP contribution < -0.4 is 0 Å². The summed E-state index contributed by atoms with van der Waals surface area (Å²) in [7, 11) is 0. The second-order valence-electron chi connectivity index (χ2n) is 3.79. The third kappa shape index (κ3) is 0.983. The molecule has 0 heterocycles. The molecule has 3 aliphatic carbocycles. The summed E-state index contributed by atoms with van der Waals surface area (Å²) in [5, 5.41) is 0. The highest BCUT2D eigenvalue weighted by Gasteiger charge is 2.23. The van der Waals surface area contributed by atoms with Crippen LogP contribution in [0.15, 0.2) is 59.3 Å². The van der Waals surface area contributed by atoms with E-state index < -0.39 is 0 Å². The molecule has 1 unspecified atom stereocenters. The van der Waals surface area contributed by atoms with Gasteiger partial charge in [-0.1, -0.05) is 48.1 Å². The predicted molar refractivity (Wildman–Crippen MR) is 55.3 cm³/mol. The molecule has 0 aromatic heterocycles. The van der Waals surface area contributed by atoms with E-state index in [-0.39, 0.29) is 0 Å². The summed E-state index contributed by atoms with van der Waals surface area (Å²) in [6.45, 7) is 0. The molecule has 0 amide bonds. The molecule has 0 fully saturated rings. The molecule has 0 aromatic carbocycles. The molecule has 3 rings (SSSR count). The third-order valence-corrected chi connectivity index (χ3v) is 3.06. The normalized spacial score (nSPS) is 28.9. The van der Waals surface area contributed by atoms with E-state index >= 15 is 0 Å². The third-order valence-electron chi connectivity index (χ3n) is 3.06. The van der Waals surface area contributed by atoms with E-state index in [4.69, 9.17) is 0 Å². The molecule has 0 aliphatic heterocycles. The van der Waals surface area contributed by atoms with Gasteiger partial charge in [-0.15, -0.1) is 0 Å². The van der Waals surface area contributed by atoms with Crippen LogP contribution in [0, 0.1) is 5.92 Å². The zero-order valence-corrected chi connectivity index (χ0v) is 7.53. The van der Waals surface area contributed by atoms with Crippen LogP contribution in [0.25, 0.3) is 0 Å². The van der Waals surface area contributed by atoms with Crippen molar-refractivity contribution in [2.24, 2.45) is 5.92 Å². The lowest BCUT2D eigenvalue weighted by molar-refractivity contribution is 0.840. The molecular formula is C13H12. The fraction of sp³-hybridized carbons (Fsp3) is 0.231. The molecule has 0 heteroatoms. The molecule has 0 aromatic rings. The molecular weight excluding hydrogens is 156 g/mol. The Labute approximate surface area is 78.7 Å². The molecule has 13 heavy (non-hydrogen) atoms. The first-order valence-corrected chi connectivity index (χ1v) is 4.88. The zero-order valence-electron chi connectivity index (χ0n) is 7.53. The minimum Gasteiger partial charge on any atom is -0.0801 e. The second-order valence-corrected chi connectivity index (χ2v) is 3.79. The number of fused-ring (bicyclic) bond motifs is 2. The molecule has 0 saturated carbocycles. The zero-order chi connectivity index (χ0) is 8.67. The summed E-state index contributed by atoms with van der Waals surface area (Å²) in [5.41, 5.74) is 4.66. The summed E-state index contributed by atoms with van der Waals surface area (Å²) in [5.74, 6) is 0.587. The van der Waals surface area contributed by atoms with Crippen LogP contribution in [0.3, 0.4) is 0 Å². The summed E-state index contributed by atoms with van der Waals surface area (Å²) >= 11 is 0. The van der Waals surface area contributed by atoms with Gasteiger partial charge >= 0.3 is 0 Å². The predicted octanol–water partition coefficient (Wildman–Crippen LogP) is 3.32. The molecule has 64 valence electrons. The van der Waals surface area contributed by atoms with Crippen molar-refractivity contribution in [1.82, 2.24) is 0 Å². The number of allylic oxidation sites excluding steroid dienone is 10. The minimum absolute atomic E-state index is 0.587. The Hall–Kier alpha value is -1.30. The largest absolute Gasteiger partial charge is 0.0801 e. The van der Waals surface area contributed by atoms with Gasteiger partial charge in [0.2, 0.25) is 0 Å². The number of rotatable bonds is 0. The summed E-state index contributed by atoms with van der Waals surface area (Å²) in [6.07, 6.45) is 18.1. The second kappa shape index (κ2) is 2.59. The first-order chi connectivity index (χ1) is 6.45. The maximum absolute atomic E-state index is 2.36. The first-order valence-electron chi connectivity index (χ1n) is 4.88. The van der Waals surface area contributed by atoms with Crippen molar-refractivity contribution >= 4 is 0 Å². The van der Waals surface area contributed by atoms with Gasteiger partial charge in [0.05, 0.1) is 0 Å². The van der Waals surface area contributed by atoms with E-state index in [9.17, 15) is 0 Å². The molecule has 3 aliphatic rings. The fourth-order valence-corrected chi connectivity index (χ4v) is 2.39. The van der Waals surface area contributed by atoms with Gasteiger partial charge in [0, 0.05) is 5.92 Å². The minimum atomic E-state index is 0.587. The lowest BCUT2D eigenvalue weighted by atomic mass is 9.80. The lowest BCUT2D eigenvalue weighted by Crippen LogP contribution is -2.09. The van der Waals surface area contributed by atoms with Gasteiger partial charge in [0.1, 0.15) is 0 Å². The highest BCUT2D eigenvalue weighted by Crippen LogP contribution is 2.39. The van der Waals surface area contributed by atoms with Crippen LogP contribution >= 0.6 is 0 Å². The maximum Gasteiger partial charge on any atom is 0.0237 e. The van der Waals surface area contributed by atoms with Crippen molar-refractivity contribution in [3.63, 3.8) is 0 Å². The van der Waals surface area contributed by atoms with E-state index in [1.807, 2.05) is 0 Å². The monoisotopic (exact) mass is 168 g/mol. The van der Waals surface area contributed by atoms with Gasteiger partial charge < -0.3 is 0 Å². The van der Waals surface area contributed by atoms with Crippen molar-refractivity contribution in [3.05, 3.63) is 59.3 Å². The Morgan fingerprint density at radius 3 is 3.08 bits per heavy atom. The van der Waals surface area contributed by atoms with Gasteiger partial charge in [0.15, 0.2) is 0 Å². The van der Waals surface area contributed by atoms with Crippen molar-refractivity contribution < 1.29 is 0 Å². The summed E-state index contributed by atoms with van der Waals surface area (Å²) < 4.78 is 0. The van der Waals surface area contributed by atoms with Crippen LogP contribution in [0.5, 0.6) is 0 Å². The average Bonchev–Trinajstić information content (AvgIpc) is 2.65. The quantitative estimate of drug-likeness (QED) is 0.520. The molecule has 0 spiro atoms. The molecule has 0 radical (unpaired) electrons. The van der Waals surface area contributed by atoms with E-state index in [0.29, 0.717) is 5.92 Å². The van der Waals surface area contributed by atoms with E-state index in [0.717, 1.165) is 12.8 Å². The molecule has 0 saturated heterocycles. The van der Waals surface area contributed by atoms with Crippen LogP contribution in [-0.4, -0.2) is 0 Å². The van der Waals surface area contributed by atoms with Crippen LogP contribution in [0.1, 0.15) is 12.8 Å². The Bertz CT molecular complexity index is 386. The standard InChI is InChI=1S/C13H12/c1-2-6-12-10(4-1)8-9-11-5-3-7-13(11)12/h1-6,8,12H,7,9H2. The van der Waals surface area contributed by atoms with E-state index in [1.165, 1.54) is 5.57 Å². The Morgan fingerprint density at radius 2 is 2.08 bits per heavy atom. The number of hydrogen-bond acceptors (Lipinski definition) is 0. The van der Waals surface area contributed by atoms with E-state index in [2.05, 4.69) is 42.5 Å². The van der Waals surface area contributed by atoms with Crippen molar-refractivity contribution in [2.45, 2.75) is 12.8 Å². The van der Waals surface area contributed by atoms with Crippen molar-refractivity contribution in [1.29, 1.82) is 0 Å². The molecule has 0 nitrogen and oxygen atoms in total. The highest BCUT2D eigenvalue weighted by atomic mass is 14.3. The Balaban J connectivity index is 2.05. The van der Waals surface area contributed by atoms with Crippen LogP contribution in [0.4, 0.5) is 0 Å². The van der Waals surface area contributed by atoms with Gasteiger partial charge in [-0.25, -0.2) is 0 Å². The lowest BCUT2D eigenvalue weighted by Gasteiger charge is -2.24. The highest BCUT2D eigenvalue weighted by molar-refractivity contribution is 5.50. The Morgan fingerprint density at radius 1 is 1.08 bits per heavy atom. The smallest absolute Gasteiger partial charge is 0.0237 e. The van der Waals surface area contributed by atoms with Crippen LogP contribution in [-0.2, 0) is 0 Å². The average molecular weight is 168 g/mol. The van der Waals surface area contributed by atoms with Crippen LogP contribution in [0.2, 0.25) is 0 Å². The molecule has 0 N–H and O–H groups in total. The number of hydrogen-bond donors (Lipinski definition) is 0. The SMILES string of the molecule is C1=CC2=CCC3=C(CC=C3)C2C=C1. The van der Waals surface area contributed by atoms with E-state index in [1.54, 1.807) is 11.1 Å².